The number of para-hydroxylation sites is 1. The van der Waals surface area contributed by atoms with Crippen LogP contribution in [-0.4, -0.2) is 10.4 Å². The highest BCUT2D eigenvalue weighted by Crippen LogP contribution is 2.36. The maximum Gasteiger partial charge on any atom is 0.416 e. The Labute approximate surface area is 167 Å². The van der Waals surface area contributed by atoms with Crippen LogP contribution in [0.1, 0.15) is 16.7 Å². The molecule has 4 aromatic rings. The van der Waals surface area contributed by atoms with Crippen LogP contribution in [0.5, 0.6) is 0 Å². The highest BCUT2D eigenvalue weighted by molar-refractivity contribution is 6.11. The van der Waals surface area contributed by atoms with Crippen molar-refractivity contribution in [2.75, 3.05) is 0 Å². The average Bonchev–Trinajstić information content (AvgIpc) is 3.03. The quantitative estimate of drug-likeness (QED) is 0.112. The molecule has 4 rings (SSSR count). The second kappa shape index (κ2) is 7.25. The third-order valence-corrected chi connectivity index (χ3v) is 5.00. The smallest absolute Gasteiger partial charge is 0.336 e. The van der Waals surface area contributed by atoms with Crippen molar-refractivity contribution in [3.63, 3.8) is 0 Å². The summed E-state index contributed by atoms with van der Waals surface area (Å²) in [5.41, 5.74) is 7.50. The van der Waals surface area contributed by atoms with E-state index in [0.717, 1.165) is 23.6 Å². The minimum Gasteiger partial charge on any atom is -0.336 e. The van der Waals surface area contributed by atoms with Gasteiger partial charge in [-0.1, -0.05) is 24.3 Å². The lowest BCUT2D eigenvalue weighted by atomic mass is 10.1. The Morgan fingerprint density at radius 2 is 1.70 bits per heavy atom. The molecule has 0 aliphatic rings. The summed E-state index contributed by atoms with van der Waals surface area (Å²) >= 11 is 0. The SMILES string of the molecule is N=NC(=NN)c1ccc2c(c1)c1ccccc1n2Cc1c(F)cccc1C(F)(F)F. The Balaban J connectivity index is 1.98. The van der Waals surface area contributed by atoms with Crippen LogP contribution >= 0.6 is 0 Å². The maximum atomic E-state index is 14.5. The Morgan fingerprint density at radius 3 is 2.40 bits per heavy atom. The summed E-state index contributed by atoms with van der Waals surface area (Å²) < 4.78 is 56.5. The van der Waals surface area contributed by atoms with Crippen LogP contribution in [0.4, 0.5) is 17.6 Å². The molecule has 0 aliphatic carbocycles. The number of halogens is 4. The van der Waals surface area contributed by atoms with Crippen molar-refractivity contribution in [1.82, 2.24) is 4.57 Å². The molecule has 0 aliphatic heterocycles. The van der Waals surface area contributed by atoms with Crippen LogP contribution in [0.15, 0.2) is 70.9 Å². The molecule has 9 heteroatoms. The van der Waals surface area contributed by atoms with Crippen molar-refractivity contribution in [3.8, 4) is 0 Å². The number of fused-ring (bicyclic) bond motifs is 3. The first kappa shape index (κ1) is 19.6. The summed E-state index contributed by atoms with van der Waals surface area (Å²) in [5, 5.41) is 8.22. The van der Waals surface area contributed by atoms with Gasteiger partial charge in [-0.25, -0.2) is 9.92 Å². The van der Waals surface area contributed by atoms with Crippen LogP contribution in [0.3, 0.4) is 0 Å². The molecule has 0 spiro atoms. The Kier molecular flexibility index (Phi) is 4.73. The average molecular weight is 413 g/mol. The highest BCUT2D eigenvalue weighted by Gasteiger charge is 2.34. The lowest BCUT2D eigenvalue weighted by molar-refractivity contribution is -0.138. The van der Waals surface area contributed by atoms with E-state index in [9.17, 15) is 17.6 Å². The number of rotatable bonds is 3. The van der Waals surface area contributed by atoms with Crippen molar-refractivity contribution in [1.29, 1.82) is 5.53 Å². The van der Waals surface area contributed by atoms with Gasteiger partial charge in [-0.05, 0) is 36.4 Å². The zero-order valence-corrected chi connectivity index (χ0v) is 15.4. The van der Waals surface area contributed by atoms with Gasteiger partial charge in [0, 0.05) is 32.9 Å². The lowest BCUT2D eigenvalue weighted by Gasteiger charge is -2.15. The molecule has 0 fully saturated rings. The monoisotopic (exact) mass is 413 g/mol. The first-order valence-electron chi connectivity index (χ1n) is 8.86. The van der Waals surface area contributed by atoms with Crippen molar-refractivity contribution >= 4 is 27.6 Å². The molecule has 0 amide bonds. The summed E-state index contributed by atoms with van der Waals surface area (Å²) in [6, 6.07) is 15.1. The van der Waals surface area contributed by atoms with Gasteiger partial charge in [-0.15, -0.1) is 5.11 Å². The van der Waals surface area contributed by atoms with Crippen LogP contribution in [-0.2, 0) is 12.7 Å². The summed E-state index contributed by atoms with van der Waals surface area (Å²) in [5.74, 6) is 4.37. The zero-order valence-electron chi connectivity index (χ0n) is 15.4. The van der Waals surface area contributed by atoms with Crippen molar-refractivity contribution in [3.05, 3.63) is 83.2 Å². The largest absolute Gasteiger partial charge is 0.416 e. The van der Waals surface area contributed by atoms with E-state index in [1.807, 2.05) is 6.07 Å². The standard InChI is InChI=1S/C21H15F4N5/c22-17-6-3-5-16(21(23,24)25)15(17)11-30-18-7-2-1-4-13(18)14-10-12(8-9-19(14)30)20(28-26)29-27/h1-10,26H,11,27H2. The molecule has 0 bridgehead atoms. The van der Waals surface area contributed by atoms with E-state index in [1.54, 1.807) is 41.0 Å². The van der Waals surface area contributed by atoms with Gasteiger partial charge in [0.1, 0.15) is 5.82 Å². The van der Waals surface area contributed by atoms with E-state index >= 15 is 0 Å². The molecule has 3 aromatic carbocycles. The number of amidine groups is 1. The van der Waals surface area contributed by atoms with Crippen LogP contribution in [0.25, 0.3) is 21.8 Å². The molecule has 0 saturated carbocycles. The van der Waals surface area contributed by atoms with E-state index in [2.05, 4.69) is 10.2 Å². The zero-order chi connectivity index (χ0) is 21.5. The van der Waals surface area contributed by atoms with Gasteiger partial charge in [-0.3, -0.25) is 0 Å². The fourth-order valence-electron chi connectivity index (χ4n) is 3.67. The number of nitrogens with one attached hydrogen (secondary N) is 1. The first-order valence-corrected chi connectivity index (χ1v) is 8.86. The molecule has 30 heavy (non-hydrogen) atoms. The van der Waals surface area contributed by atoms with Crippen LogP contribution in [0, 0.1) is 11.3 Å². The van der Waals surface area contributed by atoms with E-state index < -0.39 is 23.1 Å². The second-order valence-electron chi connectivity index (χ2n) is 6.66. The number of hydrogen-bond acceptors (Lipinski definition) is 3. The summed E-state index contributed by atoms with van der Waals surface area (Å²) in [6.07, 6.45) is -4.68. The van der Waals surface area contributed by atoms with Gasteiger partial charge in [0.2, 0.25) is 0 Å². The Bertz CT molecular complexity index is 1300. The predicted molar refractivity (Wildman–Crippen MR) is 106 cm³/mol. The normalized spacial score (nSPS) is 12.6. The van der Waals surface area contributed by atoms with Gasteiger partial charge >= 0.3 is 6.18 Å². The molecule has 152 valence electrons. The number of hydrogen-bond donors (Lipinski definition) is 2. The van der Waals surface area contributed by atoms with Crippen LogP contribution in [0.2, 0.25) is 0 Å². The summed E-state index contributed by atoms with van der Waals surface area (Å²) in [4.78, 5) is 0. The molecule has 1 heterocycles. The third kappa shape index (κ3) is 3.18. The fourth-order valence-corrected chi connectivity index (χ4v) is 3.67. The number of alkyl halides is 3. The van der Waals surface area contributed by atoms with Gasteiger partial charge in [0.15, 0.2) is 5.84 Å². The van der Waals surface area contributed by atoms with Gasteiger partial charge in [0.25, 0.3) is 0 Å². The predicted octanol–water partition coefficient (Wildman–Crippen LogP) is 5.65. The number of aromatic nitrogens is 1. The van der Waals surface area contributed by atoms with Crippen molar-refractivity contribution in [2.24, 2.45) is 16.1 Å². The maximum absolute atomic E-state index is 14.5. The fraction of sp³-hybridized carbons (Fsp3) is 0.0952. The van der Waals surface area contributed by atoms with Crippen molar-refractivity contribution < 1.29 is 17.6 Å². The molecule has 3 N–H and O–H groups in total. The topological polar surface area (TPSA) is 79.5 Å². The molecular formula is C21H15F4N5. The molecule has 0 saturated heterocycles. The minimum absolute atomic E-state index is 0.0159. The van der Waals surface area contributed by atoms with E-state index in [4.69, 9.17) is 11.4 Å². The summed E-state index contributed by atoms with van der Waals surface area (Å²) in [7, 11) is 0. The number of hydrazone groups is 1. The number of nitrogens with zero attached hydrogens (tertiary/aromatic N) is 3. The Morgan fingerprint density at radius 1 is 0.967 bits per heavy atom. The number of nitrogens with two attached hydrogens (primary N) is 1. The molecular weight excluding hydrogens is 398 g/mol. The van der Waals surface area contributed by atoms with Gasteiger partial charge in [-0.2, -0.15) is 18.3 Å². The van der Waals surface area contributed by atoms with Gasteiger partial charge < -0.3 is 10.4 Å². The molecule has 5 nitrogen and oxygen atoms in total. The third-order valence-electron chi connectivity index (χ3n) is 5.00. The first-order chi connectivity index (χ1) is 14.3. The highest BCUT2D eigenvalue weighted by atomic mass is 19.4. The Hall–Kier alpha value is -3.75. The second-order valence-corrected chi connectivity index (χ2v) is 6.66. The number of benzene rings is 3. The molecule has 0 atom stereocenters. The van der Waals surface area contributed by atoms with E-state index in [1.165, 1.54) is 0 Å². The molecule has 0 radical (unpaired) electrons. The van der Waals surface area contributed by atoms with Crippen LogP contribution < -0.4 is 5.84 Å². The van der Waals surface area contributed by atoms with E-state index in [-0.39, 0.29) is 12.4 Å². The lowest BCUT2D eigenvalue weighted by Crippen LogP contribution is -2.13. The van der Waals surface area contributed by atoms with Gasteiger partial charge in [0.05, 0.1) is 12.1 Å². The van der Waals surface area contributed by atoms with E-state index in [0.29, 0.717) is 22.0 Å². The molecule has 1 aromatic heterocycles. The molecule has 0 unspecified atom stereocenters. The summed E-state index contributed by atoms with van der Waals surface area (Å²) in [6.45, 7) is -0.300. The minimum atomic E-state index is -4.68. The van der Waals surface area contributed by atoms with Crippen molar-refractivity contribution in [2.45, 2.75) is 12.7 Å².